The smallest absolute Gasteiger partial charge is 0.335 e. The van der Waals surface area contributed by atoms with Gasteiger partial charge >= 0.3 is 5.97 Å². The molecule has 0 spiro atoms. The fourth-order valence-corrected chi connectivity index (χ4v) is 1.18. The maximum atomic E-state index is 10.6. The van der Waals surface area contributed by atoms with Crippen LogP contribution in [0.15, 0.2) is 24.3 Å². The van der Waals surface area contributed by atoms with E-state index < -0.39 is 5.97 Å². The van der Waals surface area contributed by atoms with Crippen molar-refractivity contribution in [2.45, 2.75) is 0 Å². The lowest BCUT2D eigenvalue weighted by Gasteiger charge is -2.00. The van der Waals surface area contributed by atoms with Crippen molar-refractivity contribution in [1.82, 2.24) is 0 Å². The molecule has 0 saturated heterocycles. The fraction of sp³-hybridized carbons (Fsp3) is 0.100. The third kappa shape index (κ3) is 2.58. The lowest BCUT2D eigenvalue weighted by molar-refractivity contribution is 0.0697. The maximum Gasteiger partial charge on any atom is 0.335 e. The lowest BCUT2D eigenvalue weighted by atomic mass is 10.1. The first-order valence-corrected chi connectivity index (χ1v) is 4.42. The summed E-state index contributed by atoms with van der Waals surface area (Å²) in [6, 6.07) is 4.53. The van der Waals surface area contributed by atoms with Crippen molar-refractivity contribution in [1.29, 1.82) is 0 Å². The van der Waals surface area contributed by atoms with Gasteiger partial charge in [0, 0.05) is 11.6 Å². The number of benzene rings is 1. The molecule has 0 aromatic heterocycles. The van der Waals surface area contributed by atoms with Gasteiger partial charge in [-0.2, -0.15) is 0 Å². The van der Waals surface area contributed by atoms with Crippen LogP contribution >= 0.6 is 11.6 Å². The Morgan fingerprint density at radius 3 is 2.86 bits per heavy atom. The molecule has 1 aromatic rings. The standard InChI is InChI=1S/C10H10ClNO2/c11-9-4-3-8(10(13)14)6-7(9)2-1-5-12/h1-4,6H,5,12H2,(H,13,14). The maximum absolute atomic E-state index is 10.6. The van der Waals surface area contributed by atoms with E-state index in [1.165, 1.54) is 12.1 Å². The van der Waals surface area contributed by atoms with E-state index in [4.69, 9.17) is 22.4 Å². The zero-order valence-corrected chi connectivity index (χ0v) is 8.16. The van der Waals surface area contributed by atoms with Gasteiger partial charge in [-0.1, -0.05) is 23.8 Å². The molecule has 0 amide bonds. The van der Waals surface area contributed by atoms with Crippen LogP contribution in [-0.2, 0) is 0 Å². The molecule has 0 aliphatic heterocycles. The average Bonchev–Trinajstić information content (AvgIpc) is 2.16. The minimum atomic E-state index is -0.968. The summed E-state index contributed by atoms with van der Waals surface area (Å²) in [7, 11) is 0. The highest BCUT2D eigenvalue weighted by atomic mass is 35.5. The monoisotopic (exact) mass is 211 g/mol. The molecule has 0 radical (unpaired) electrons. The number of halogens is 1. The molecule has 0 atom stereocenters. The van der Waals surface area contributed by atoms with Crippen LogP contribution < -0.4 is 5.73 Å². The van der Waals surface area contributed by atoms with Gasteiger partial charge in [0.25, 0.3) is 0 Å². The summed E-state index contributed by atoms with van der Waals surface area (Å²) >= 11 is 5.85. The van der Waals surface area contributed by atoms with Crippen molar-refractivity contribution in [2.75, 3.05) is 6.54 Å². The first-order valence-electron chi connectivity index (χ1n) is 4.04. The van der Waals surface area contributed by atoms with E-state index in [0.717, 1.165) is 0 Å². The van der Waals surface area contributed by atoms with Crippen molar-refractivity contribution in [3.63, 3.8) is 0 Å². The van der Waals surface area contributed by atoms with Gasteiger partial charge in [0.2, 0.25) is 0 Å². The van der Waals surface area contributed by atoms with Gasteiger partial charge in [0.15, 0.2) is 0 Å². The van der Waals surface area contributed by atoms with E-state index in [1.54, 1.807) is 18.2 Å². The predicted octanol–water partition coefficient (Wildman–Crippen LogP) is 2.01. The molecule has 4 heteroatoms. The molecule has 74 valence electrons. The Morgan fingerprint density at radius 2 is 2.29 bits per heavy atom. The minimum Gasteiger partial charge on any atom is -0.478 e. The predicted molar refractivity (Wildman–Crippen MR) is 56.5 cm³/mol. The number of nitrogens with two attached hydrogens (primary N) is 1. The van der Waals surface area contributed by atoms with E-state index in [1.807, 2.05) is 0 Å². The van der Waals surface area contributed by atoms with Gasteiger partial charge in [-0.15, -0.1) is 0 Å². The summed E-state index contributed by atoms with van der Waals surface area (Å²) in [6.45, 7) is 0.396. The van der Waals surface area contributed by atoms with E-state index in [2.05, 4.69) is 0 Å². The third-order valence-electron chi connectivity index (χ3n) is 1.68. The molecule has 1 rings (SSSR count). The van der Waals surface area contributed by atoms with Crippen LogP contribution in [0.1, 0.15) is 15.9 Å². The normalized spacial score (nSPS) is 10.7. The Hall–Kier alpha value is -1.32. The number of aromatic carboxylic acids is 1. The Morgan fingerprint density at radius 1 is 1.57 bits per heavy atom. The molecule has 3 N–H and O–H groups in total. The summed E-state index contributed by atoms with van der Waals surface area (Å²) in [5.74, 6) is -0.968. The van der Waals surface area contributed by atoms with Crippen molar-refractivity contribution >= 4 is 23.6 Å². The number of rotatable bonds is 3. The first-order chi connectivity index (χ1) is 6.65. The molecule has 0 unspecified atom stereocenters. The summed E-state index contributed by atoms with van der Waals surface area (Å²) < 4.78 is 0. The van der Waals surface area contributed by atoms with Crippen LogP contribution in [0.2, 0.25) is 5.02 Å². The average molecular weight is 212 g/mol. The van der Waals surface area contributed by atoms with Gasteiger partial charge in [-0.25, -0.2) is 4.79 Å². The first kappa shape index (κ1) is 10.8. The number of carboxylic acids is 1. The molecule has 1 aromatic carbocycles. The summed E-state index contributed by atoms with van der Waals surface area (Å²) in [4.78, 5) is 10.6. The van der Waals surface area contributed by atoms with Crippen molar-refractivity contribution in [3.05, 3.63) is 40.4 Å². The zero-order valence-electron chi connectivity index (χ0n) is 7.40. The SMILES string of the molecule is NCC=Cc1cc(C(=O)O)ccc1Cl. The van der Waals surface area contributed by atoms with Crippen LogP contribution in [0.5, 0.6) is 0 Å². The van der Waals surface area contributed by atoms with Crippen LogP contribution in [0, 0.1) is 0 Å². The summed E-state index contributed by atoms with van der Waals surface area (Å²) in [6.07, 6.45) is 3.42. The molecule has 0 fully saturated rings. The van der Waals surface area contributed by atoms with E-state index in [-0.39, 0.29) is 5.56 Å². The molecule has 0 aliphatic carbocycles. The molecule has 0 heterocycles. The van der Waals surface area contributed by atoms with Gasteiger partial charge < -0.3 is 10.8 Å². The second-order valence-corrected chi connectivity index (χ2v) is 3.09. The molecule has 0 bridgehead atoms. The van der Waals surface area contributed by atoms with Crippen molar-refractivity contribution in [2.24, 2.45) is 5.73 Å². The van der Waals surface area contributed by atoms with Crippen molar-refractivity contribution in [3.8, 4) is 0 Å². The van der Waals surface area contributed by atoms with E-state index in [9.17, 15) is 4.79 Å². The Labute approximate surface area is 86.8 Å². The second-order valence-electron chi connectivity index (χ2n) is 2.68. The highest BCUT2D eigenvalue weighted by molar-refractivity contribution is 6.32. The largest absolute Gasteiger partial charge is 0.478 e. The summed E-state index contributed by atoms with van der Waals surface area (Å²) in [5, 5.41) is 9.25. The summed E-state index contributed by atoms with van der Waals surface area (Å²) in [5.41, 5.74) is 6.16. The lowest BCUT2D eigenvalue weighted by Crippen LogP contribution is -1.96. The molecule has 0 saturated carbocycles. The Kier molecular flexibility index (Phi) is 3.68. The quantitative estimate of drug-likeness (QED) is 0.804. The van der Waals surface area contributed by atoms with Crippen LogP contribution in [0.25, 0.3) is 6.08 Å². The molecule has 14 heavy (non-hydrogen) atoms. The molecule has 3 nitrogen and oxygen atoms in total. The van der Waals surface area contributed by atoms with Gasteiger partial charge in [0.1, 0.15) is 0 Å². The minimum absolute atomic E-state index is 0.214. The van der Waals surface area contributed by atoms with Crippen LogP contribution in [0.3, 0.4) is 0 Å². The molecular weight excluding hydrogens is 202 g/mol. The van der Waals surface area contributed by atoms with Crippen molar-refractivity contribution < 1.29 is 9.90 Å². The Balaban J connectivity index is 3.08. The topological polar surface area (TPSA) is 63.3 Å². The highest BCUT2D eigenvalue weighted by Crippen LogP contribution is 2.18. The number of hydrogen-bond acceptors (Lipinski definition) is 2. The van der Waals surface area contributed by atoms with Gasteiger partial charge in [0.05, 0.1) is 5.56 Å². The number of carbonyl (C=O) groups is 1. The van der Waals surface area contributed by atoms with Crippen LogP contribution in [0.4, 0.5) is 0 Å². The molecular formula is C10H10ClNO2. The number of carboxylic acid groups (broad SMARTS) is 1. The molecule has 0 aliphatic rings. The Bertz CT molecular complexity index is 374. The second kappa shape index (κ2) is 4.79. The zero-order chi connectivity index (χ0) is 10.6. The van der Waals surface area contributed by atoms with Gasteiger partial charge in [-0.3, -0.25) is 0 Å². The van der Waals surface area contributed by atoms with E-state index >= 15 is 0 Å². The fourth-order valence-electron chi connectivity index (χ4n) is 1.000. The van der Waals surface area contributed by atoms with Crippen LogP contribution in [-0.4, -0.2) is 17.6 Å². The highest BCUT2D eigenvalue weighted by Gasteiger charge is 2.04. The van der Waals surface area contributed by atoms with E-state index in [0.29, 0.717) is 17.1 Å². The third-order valence-corrected chi connectivity index (χ3v) is 2.02. The van der Waals surface area contributed by atoms with Gasteiger partial charge in [-0.05, 0) is 23.8 Å². The number of hydrogen-bond donors (Lipinski definition) is 2.